The van der Waals surface area contributed by atoms with Crippen molar-refractivity contribution < 1.29 is 4.79 Å². The van der Waals surface area contributed by atoms with Gasteiger partial charge in [-0.1, -0.05) is 56.7 Å². The number of hydrogen-bond donors (Lipinski definition) is 1. The fraction of sp³-hybridized carbons (Fsp3) is 0.300. The molecular formula is C20H24N2O. The van der Waals surface area contributed by atoms with Gasteiger partial charge in [0, 0.05) is 5.56 Å². The fourth-order valence-corrected chi connectivity index (χ4v) is 2.32. The largest absolute Gasteiger partial charge is 0.271 e. The van der Waals surface area contributed by atoms with Crippen LogP contribution in [0.15, 0.2) is 47.6 Å². The van der Waals surface area contributed by atoms with Crippen molar-refractivity contribution in [1.29, 1.82) is 0 Å². The van der Waals surface area contributed by atoms with E-state index in [1.54, 1.807) is 6.21 Å². The Morgan fingerprint density at radius 1 is 1.04 bits per heavy atom. The van der Waals surface area contributed by atoms with E-state index in [0.29, 0.717) is 5.56 Å². The van der Waals surface area contributed by atoms with Crippen molar-refractivity contribution in [3.8, 4) is 0 Å². The average molecular weight is 308 g/mol. The van der Waals surface area contributed by atoms with E-state index in [-0.39, 0.29) is 11.3 Å². The Bertz CT molecular complexity index is 722. The van der Waals surface area contributed by atoms with Crippen LogP contribution in [0.2, 0.25) is 0 Å². The van der Waals surface area contributed by atoms with Gasteiger partial charge in [-0.05, 0) is 48.1 Å². The zero-order valence-corrected chi connectivity index (χ0v) is 14.5. The second kappa shape index (κ2) is 6.78. The van der Waals surface area contributed by atoms with Crippen LogP contribution >= 0.6 is 0 Å². The van der Waals surface area contributed by atoms with Crippen LogP contribution in [0, 0.1) is 13.8 Å². The highest BCUT2D eigenvalue weighted by Crippen LogP contribution is 2.22. The van der Waals surface area contributed by atoms with E-state index in [1.165, 1.54) is 11.1 Å². The molecule has 2 rings (SSSR count). The molecule has 0 radical (unpaired) electrons. The first-order valence-electron chi connectivity index (χ1n) is 7.78. The number of aryl methyl sites for hydroxylation is 2. The van der Waals surface area contributed by atoms with Crippen LogP contribution in [0.25, 0.3) is 0 Å². The molecular weight excluding hydrogens is 284 g/mol. The number of carbonyl (C=O) groups excluding carboxylic acids is 1. The van der Waals surface area contributed by atoms with Crippen molar-refractivity contribution in [2.45, 2.75) is 40.0 Å². The van der Waals surface area contributed by atoms with Crippen LogP contribution in [0.5, 0.6) is 0 Å². The van der Waals surface area contributed by atoms with Gasteiger partial charge in [0.25, 0.3) is 5.91 Å². The monoisotopic (exact) mass is 308 g/mol. The predicted octanol–water partition coefficient (Wildman–Crippen LogP) is 4.36. The van der Waals surface area contributed by atoms with E-state index in [9.17, 15) is 4.79 Å². The molecule has 0 aliphatic heterocycles. The number of benzene rings is 2. The molecule has 3 nitrogen and oxygen atoms in total. The molecule has 0 aromatic heterocycles. The smallest absolute Gasteiger partial charge is 0.267 e. The summed E-state index contributed by atoms with van der Waals surface area (Å²) in [5.41, 5.74) is 7.81. The van der Waals surface area contributed by atoms with Crippen LogP contribution < -0.4 is 5.43 Å². The molecule has 120 valence electrons. The van der Waals surface area contributed by atoms with Crippen molar-refractivity contribution in [3.63, 3.8) is 0 Å². The Kier molecular flexibility index (Phi) is 4.99. The SMILES string of the molecule is Cc1ccc(/C=N/NC(=O)c2ccc(C(C)(C)C)cc2)c(C)c1. The summed E-state index contributed by atoms with van der Waals surface area (Å²) in [5, 5.41) is 4.06. The average Bonchev–Trinajstić information content (AvgIpc) is 2.48. The predicted molar refractivity (Wildman–Crippen MR) is 96.1 cm³/mol. The molecule has 0 fully saturated rings. The van der Waals surface area contributed by atoms with Gasteiger partial charge in [0.2, 0.25) is 0 Å². The van der Waals surface area contributed by atoms with Crippen LogP contribution in [0.3, 0.4) is 0 Å². The topological polar surface area (TPSA) is 41.5 Å². The second-order valence-corrected chi connectivity index (χ2v) is 6.89. The van der Waals surface area contributed by atoms with Gasteiger partial charge in [0.15, 0.2) is 0 Å². The molecule has 0 heterocycles. The summed E-state index contributed by atoms with van der Waals surface area (Å²) in [6, 6.07) is 13.8. The fourth-order valence-electron chi connectivity index (χ4n) is 2.32. The number of rotatable bonds is 3. The Morgan fingerprint density at radius 3 is 2.26 bits per heavy atom. The minimum absolute atomic E-state index is 0.0795. The Labute approximate surface area is 138 Å². The summed E-state index contributed by atoms with van der Waals surface area (Å²) in [4.78, 5) is 12.1. The molecule has 0 saturated carbocycles. The molecule has 0 spiro atoms. The molecule has 0 atom stereocenters. The van der Waals surface area contributed by atoms with Gasteiger partial charge < -0.3 is 0 Å². The number of hydrazone groups is 1. The van der Waals surface area contributed by atoms with E-state index < -0.39 is 0 Å². The van der Waals surface area contributed by atoms with Gasteiger partial charge in [0.1, 0.15) is 0 Å². The van der Waals surface area contributed by atoms with Crippen LogP contribution in [-0.4, -0.2) is 12.1 Å². The lowest BCUT2D eigenvalue weighted by atomic mass is 9.87. The molecule has 2 aromatic rings. The number of nitrogens with zero attached hydrogens (tertiary/aromatic N) is 1. The highest BCUT2D eigenvalue weighted by Gasteiger charge is 2.14. The maximum Gasteiger partial charge on any atom is 0.271 e. The zero-order chi connectivity index (χ0) is 17.0. The normalized spacial score (nSPS) is 11.7. The van der Waals surface area contributed by atoms with Crippen LogP contribution in [0.4, 0.5) is 0 Å². The molecule has 0 bridgehead atoms. The third kappa shape index (κ3) is 4.52. The summed E-state index contributed by atoms with van der Waals surface area (Å²) >= 11 is 0. The van der Waals surface area contributed by atoms with Crippen molar-refractivity contribution in [1.82, 2.24) is 5.43 Å². The lowest BCUT2D eigenvalue weighted by Gasteiger charge is -2.18. The maximum absolute atomic E-state index is 12.1. The first-order valence-corrected chi connectivity index (χ1v) is 7.78. The minimum atomic E-state index is -0.202. The highest BCUT2D eigenvalue weighted by atomic mass is 16.2. The second-order valence-electron chi connectivity index (χ2n) is 6.89. The van der Waals surface area contributed by atoms with E-state index in [0.717, 1.165) is 11.1 Å². The zero-order valence-electron chi connectivity index (χ0n) is 14.5. The summed E-state index contributed by atoms with van der Waals surface area (Å²) in [6.07, 6.45) is 1.68. The minimum Gasteiger partial charge on any atom is -0.267 e. The standard InChI is InChI=1S/C20H24N2O/c1-14-6-7-17(15(2)12-14)13-21-22-19(23)16-8-10-18(11-9-16)20(3,4)5/h6-13H,1-5H3,(H,22,23)/b21-13+. The molecule has 0 aliphatic rings. The quantitative estimate of drug-likeness (QED) is 0.664. The van der Waals surface area contributed by atoms with E-state index in [2.05, 4.69) is 44.3 Å². The Hall–Kier alpha value is -2.42. The Balaban J connectivity index is 2.03. The summed E-state index contributed by atoms with van der Waals surface area (Å²) in [6.45, 7) is 10.5. The molecule has 1 amide bonds. The third-order valence-corrected chi connectivity index (χ3v) is 3.81. The lowest BCUT2D eigenvalue weighted by molar-refractivity contribution is 0.0955. The third-order valence-electron chi connectivity index (χ3n) is 3.81. The van der Waals surface area contributed by atoms with E-state index in [4.69, 9.17) is 0 Å². The highest BCUT2D eigenvalue weighted by molar-refractivity contribution is 5.95. The number of amides is 1. The molecule has 23 heavy (non-hydrogen) atoms. The van der Waals surface area contributed by atoms with Crippen molar-refractivity contribution in [2.75, 3.05) is 0 Å². The van der Waals surface area contributed by atoms with Gasteiger partial charge >= 0.3 is 0 Å². The molecule has 0 unspecified atom stereocenters. The molecule has 2 aromatic carbocycles. The first kappa shape index (κ1) is 16.9. The van der Waals surface area contributed by atoms with Gasteiger partial charge in [-0.15, -0.1) is 0 Å². The maximum atomic E-state index is 12.1. The lowest BCUT2D eigenvalue weighted by Crippen LogP contribution is -2.18. The summed E-state index contributed by atoms with van der Waals surface area (Å²) < 4.78 is 0. The van der Waals surface area contributed by atoms with Crippen molar-refractivity contribution >= 4 is 12.1 Å². The van der Waals surface area contributed by atoms with Crippen molar-refractivity contribution in [2.24, 2.45) is 5.10 Å². The summed E-state index contributed by atoms with van der Waals surface area (Å²) in [5.74, 6) is -0.202. The molecule has 1 N–H and O–H groups in total. The first-order chi connectivity index (χ1) is 10.8. The van der Waals surface area contributed by atoms with Crippen LogP contribution in [0.1, 0.15) is 53.4 Å². The molecule has 0 saturated heterocycles. The van der Waals surface area contributed by atoms with Gasteiger partial charge in [-0.2, -0.15) is 5.10 Å². The van der Waals surface area contributed by atoms with E-state index in [1.807, 2.05) is 43.3 Å². The molecule has 3 heteroatoms. The van der Waals surface area contributed by atoms with E-state index >= 15 is 0 Å². The molecule has 0 aliphatic carbocycles. The van der Waals surface area contributed by atoms with Gasteiger partial charge in [0.05, 0.1) is 6.21 Å². The Morgan fingerprint density at radius 2 is 1.70 bits per heavy atom. The van der Waals surface area contributed by atoms with Crippen molar-refractivity contribution in [3.05, 3.63) is 70.3 Å². The number of nitrogens with one attached hydrogen (secondary N) is 1. The van der Waals surface area contributed by atoms with Gasteiger partial charge in [-0.3, -0.25) is 4.79 Å². The summed E-state index contributed by atoms with van der Waals surface area (Å²) in [7, 11) is 0. The number of hydrogen-bond acceptors (Lipinski definition) is 2. The number of carbonyl (C=O) groups is 1. The van der Waals surface area contributed by atoms with Crippen LogP contribution in [-0.2, 0) is 5.41 Å². The van der Waals surface area contributed by atoms with Gasteiger partial charge in [-0.25, -0.2) is 5.43 Å².